The highest BCUT2D eigenvalue weighted by atomic mass is 16.6. The van der Waals surface area contributed by atoms with Gasteiger partial charge in [-0.3, -0.25) is 30.0 Å². The maximum Gasteiger partial charge on any atom is 0.276 e. The van der Waals surface area contributed by atoms with Crippen LogP contribution in [0.5, 0.6) is 5.75 Å². The Kier molecular flexibility index (Phi) is 4.75. The molecule has 1 aromatic heterocycles. The van der Waals surface area contributed by atoms with Gasteiger partial charge in [0.15, 0.2) is 0 Å². The second-order valence-corrected chi connectivity index (χ2v) is 4.34. The quantitative estimate of drug-likeness (QED) is 0.479. The average molecular weight is 330 g/mol. The van der Waals surface area contributed by atoms with E-state index in [0.717, 1.165) is 12.3 Å². The number of hydrogen-bond donors (Lipinski definition) is 1. The minimum Gasteiger partial charge on any atom is -0.867 e. The van der Waals surface area contributed by atoms with Gasteiger partial charge >= 0.3 is 0 Å². The number of amides is 1. The van der Waals surface area contributed by atoms with Crippen LogP contribution in [-0.2, 0) is 0 Å². The maximum atomic E-state index is 11.9. The van der Waals surface area contributed by atoms with Crippen LogP contribution in [0.4, 0.5) is 11.4 Å². The molecular weight excluding hydrogens is 322 g/mol. The minimum absolute atomic E-state index is 0.196. The van der Waals surface area contributed by atoms with Crippen molar-refractivity contribution in [1.82, 2.24) is 10.4 Å². The average Bonchev–Trinajstić information content (AvgIpc) is 2.56. The molecule has 0 unspecified atom stereocenters. The highest BCUT2D eigenvalue weighted by Crippen LogP contribution is 2.31. The summed E-state index contributed by atoms with van der Waals surface area (Å²) in [5.41, 5.74) is 0.288. The van der Waals surface area contributed by atoms with E-state index in [-0.39, 0.29) is 5.56 Å². The molecule has 1 amide bonds. The number of carbonyl (C=O) groups is 1. The van der Waals surface area contributed by atoms with Gasteiger partial charge in [-0.2, -0.15) is 5.10 Å². The molecule has 0 aliphatic heterocycles. The third kappa shape index (κ3) is 3.65. The maximum absolute atomic E-state index is 11.9. The third-order valence-electron chi connectivity index (χ3n) is 2.78. The molecule has 0 saturated heterocycles. The van der Waals surface area contributed by atoms with Crippen molar-refractivity contribution in [3.8, 4) is 5.75 Å². The number of nitrogens with zero attached hydrogens (tertiary/aromatic N) is 4. The number of aromatic nitrogens is 1. The van der Waals surface area contributed by atoms with Crippen molar-refractivity contribution < 1.29 is 19.7 Å². The van der Waals surface area contributed by atoms with E-state index in [9.17, 15) is 30.1 Å². The largest absolute Gasteiger partial charge is 0.867 e. The van der Waals surface area contributed by atoms with Crippen LogP contribution in [-0.4, -0.2) is 27.0 Å². The zero-order valence-electron chi connectivity index (χ0n) is 11.8. The van der Waals surface area contributed by atoms with Crippen LogP contribution in [0.15, 0.2) is 41.8 Å². The number of rotatable bonds is 5. The second kappa shape index (κ2) is 6.91. The Labute approximate surface area is 133 Å². The number of nitro benzene ring substituents is 2. The predicted octanol–water partition coefficient (Wildman–Crippen LogP) is 0.735. The smallest absolute Gasteiger partial charge is 0.276 e. The Morgan fingerprint density at radius 3 is 2.58 bits per heavy atom. The van der Waals surface area contributed by atoms with E-state index < -0.39 is 38.4 Å². The van der Waals surface area contributed by atoms with Crippen LogP contribution in [0.25, 0.3) is 0 Å². The van der Waals surface area contributed by atoms with Crippen molar-refractivity contribution in [2.45, 2.75) is 0 Å². The van der Waals surface area contributed by atoms with Crippen molar-refractivity contribution in [2.24, 2.45) is 5.10 Å². The van der Waals surface area contributed by atoms with Gasteiger partial charge in [0.05, 0.1) is 27.7 Å². The lowest BCUT2D eigenvalue weighted by Crippen LogP contribution is -2.17. The molecule has 11 heteroatoms. The molecule has 122 valence electrons. The first kappa shape index (κ1) is 16.5. The normalized spacial score (nSPS) is 10.5. The molecule has 0 fully saturated rings. The lowest BCUT2D eigenvalue weighted by molar-refractivity contribution is -0.403. The van der Waals surface area contributed by atoms with Gasteiger partial charge in [-0.1, -0.05) is 0 Å². The number of nitrogens with one attached hydrogen (secondary N) is 1. The van der Waals surface area contributed by atoms with Gasteiger partial charge < -0.3 is 5.11 Å². The molecule has 1 N–H and O–H groups in total. The second-order valence-electron chi connectivity index (χ2n) is 4.34. The first-order valence-corrected chi connectivity index (χ1v) is 6.27. The molecule has 1 aromatic carbocycles. The summed E-state index contributed by atoms with van der Waals surface area (Å²) in [6.45, 7) is 0. The number of benzene rings is 1. The summed E-state index contributed by atoms with van der Waals surface area (Å²) in [6.07, 6.45) is 3.55. The zero-order chi connectivity index (χ0) is 17.7. The zero-order valence-corrected chi connectivity index (χ0v) is 11.8. The van der Waals surface area contributed by atoms with Gasteiger partial charge in [0.1, 0.15) is 0 Å². The van der Waals surface area contributed by atoms with Crippen LogP contribution >= 0.6 is 0 Å². The van der Waals surface area contributed by atoms with Gasteiger partial charge in [0, 0.05) is 24.0 Å². The molecule has 2 rings (SSSR count). The van der Waals surface area contributed by atoms with Gasteiger partial charge in [-0.05, 0) is 17.9 Å². The van der Waals surface area contributed by atoms with Crippen molar-refractivity contribution >= 4 is 23.5 Å². The van der Waals surface area contributed by atoms with E-state index in [1.54, 1.807) is 0 Å². The highest BCUT2D eigenvalue weighted by Gasteiger charge is 2.18. The van der Waals surface area contributed by atoms with Crippen LogP contribution in [0.1, 0.15) is 15.9 Å². The fourth-order valence-electron chi connectivity index (χ4n) is 1.68. The van der Waals surface area contributed by atoms with Crippen molar-refractivity contribution in [3.63, 3.8) is 0 Å². The molecule has 1 heterocycles. The number of carbonyl (C=O) groups excluding carboxylic acids is 1. The molecule has 24 heavy (non-hydrogen) atoms. The molecule has 0 spiro atoms. The Bertz CT molecular complexity index is 836. The summed E-state index contributed by atoms with van der Waals surface area (Å²) in [5, 5.41) is 36.9. The number of hydrazone groups is 1. The summed E-state index contributed by atoms with van der Waals surface area (Å²) in [7, 11) is 0. The van der Waals surface area contributed by atoms with E-state index in [0.29, 0.717) is 6.07 Å². The molecule has 2 aromatic rings. The Hall–Kier alpha value is -3.89. The van der Waals surface area contributed by atoms with Gasteiger partial charge in [-0.15, -0.1) is 0 Å². The first-order valence-electron chi connectivity index (χ1n) is 6.27. The summed E-state index contributed by atoms with van der Waals surface area (Å²) in [5.74, 6) is -1.68. The third-order valence-corrected chi connectivity index (χ3v) is 2.78. The Morgan fingerprint density at radius 2 is 2.00 bits per heavy atom. The molecule has 0 radical (unpaired) electrons. The molecular formula is C13H8N5O6-. The van der Waals surface area contributed by atoms with Gasteiger partial charge in [0.25, 0.3) is 17.3 Å². The first-order chi connectivity index (χ1) is 11.4. The van der Waals surface area contributed by atoms with Crippen LogP contribution in [0, 0.1) is 20.2 Å². The van der Waals surface area contributed by atoms with Gasteiger partial charge in [-0.25, -0.2) is 5.43 Å². The van der Waals surface area contributed by atoms with E-state index in [4.69, 9.17) is 0 Å². The summed E-state index contributed by atoms with van der Waals surface area (Å²) < 4.78 is 0. The molecule has 11 nitrogen and oxygen atoms in total. The SMILES string of the molecule is O=C(N/N=C\c1cc([N+](=O)[O-])cc([N+](=O)[O-])c1[O-])c1cccnc1. The fourth-order valence-corrected chi connectivity index (χ4v) is 1.68. The van der Waals surface area contributed by atoms with E-state index in [1.165, 1.54) is 24.5 Å². The molecule has 0 aliphatic carbocycles. The van der Waals surface area contributed by atoms with Crippen molar-refractivity contribution in [2.75, 3.05) is 0 Å². The fraction of sp³-hybridized carbons (Fsp3) is 0. The van der Waals surface area contributed by atoms with Crippen LogP contribution < -0.4 is 10.5 Å². The van der Waals surface area contributed by atoms with E-state index in [2.05, 4.69) is 15.5 Å². The standard InChI is InChI=1S/C13H9N5O6/c19-12-9(4-10(17(21)22)5-11(12)18(23)24)7-15-16-13(20)8-2-1-3-14-6-8/h1-7,19H,(H,16,20)/p-1/b15-7-. The summed E-state index contributed by atoms with van der Waals surface area (Å²) >= 11 is 0. The Morgan fingerprint density at radius 1 is 1.25 bits per heavy atom. The van der Waals surface area contributed by atoms with Crippen molar-refractivity contribution in [1.29, 1.82) is 0 Å². The minimum atomic E-state index is -1.05. The number of nitro groups is 2. The Balaban J connectivity index is 2.27. The van der Waals surface area contributed by atoms with Crippen LogP contribution in [0.2, 0.25) is 0 Å². The number of non-ortho nitro benzene ring substituents is 1. The van der Waals surface area contributed by atoms with Gasteiger partial charge in [0.2, 0.25) is 0 Å². The van der Waals surface area contributed by atoms with Crippen LogP contribution in [0.3, 0.4) is 0 Å². The van der Waals surface area contributed by atoms with Crippen molar-refractivity contribution in [3.05, 3.63) is 68.0 Å². The molecule has 0 saturated carbocycles. The lowest BCUT2D eigenvalue weighted by atomic mass is 10.1. The highest BCUT2D eigenvalue weighted by molar-refractivity contribution is 5.95. The van der Waals surface area contributed by atoms with E-state index >= 15 is 0 Å². The summed E-state index contributed by atoms with van der Waals surface area (Å²) in [6, 6.07) is 4.39. The molecule has 0 atom stereocenters. The predicted molar refractivity (Wildman–Crippen MR) is 78.5 cm³/mol. The molecule has 0 bridgehead atoms. The summed E-state index contributed by atoms with van der Waals surface area (Å²) in [4.78, 5) is 35.1. The molecule has 0 aliphatic rings. The number of pyridine rings is 1. The topological polar surface area (TPSA) is 164 Å². The monoisotopic (exact) mass is 330 g/mol. The number of hydrogen-bond acceptors (Lipinski definition) is 8. The van der Waals surface area contributed by atoms with E-state index in [1.807, 2.05) is 0 Å². The lowest BCUT2D eigenvalue weighted by Gasteiger charge is -2.10.